The van der Waals surface area contributed by atoms with Crippen LogP contribution in [0.2, 0.25) is 0 Å². The third kappa shape index (κ3) is 3.83. The Hall–Kier alpha value is -1.81. The van der Waals surface area contributed by atoms with Crippen LogP contribution >= 0.6 is 0 Å². The number of rotatable bonds is 5. The van der Waals surface area contributed by atoms with Crippen molar-refractivity contribution in [1.29, 1.82) is 0 Å². The Kier molecular flexibility index (Phi) is 4.37. The van der Waals surface area contributed by atoms with E-state index in [0.29, 0.717) is 5.75 Å². The first-order chi connectivity index (χ1) is 7.24. The molecule has 0 aromatic heterocycles. The minimum absolute atomic E-state index is 0.0477. The van der Waals surface area contributed by atoms with Crippen LogP contribution in [-0.2, 0) is 4.79 Å². The van der Waals surface area contributed by atoms with Crippen LogP contribution in [0.25, 0.3) is 6.08 Å². The highest BCUT2D eigenvalue weighted by atomic mass is 16.5. The highest BCUT2D eigenvalue weighted by molar-refractivity contribution is 5.90. The number of ether oxygens (including phenoxy) is 1. The fraction of sp³-hybridized carbons (Fsp3) is 0.182. The first kappa shape index (κ1) is 11.3. The van der Waals surface area contributed by atoms with Crippen molar-refractivity contribution in [3.05, 3.63) is 35.9 Å². The number of primary amides is 1. The lowest BCUT2D eigenvalue weighted by Crippen LogP contribution is -2.05. The maximum absolute atomic E-state index is 10.6. The molecular weight excluding hydrogens is 194 g/mol. The van der Waals surface area contributed by atoms with Crippen LogP contribution in [0.5, 0.6) is 5.75 Å². The van der Waals surface area contributed by atoms with E-state index in [1.807, 2.05) is 12.1 Å². The Bertz CT molecular complexity index is 361. The average Bonchev–Trinajstić information content (AvgIpc) is 2.24. The van der Waals surface area contributed by atoms with Gasteiger partial charge in [-0.1, -0.05) is 18.2 Å². The summed E-state index contributed by atoms with van der Waals surface area (Å²) >= 11 is 0. The van der Waals surface area contributed by atoms with E-state index in [4.69, 9.17) is 15.6 Å². The minimum atomic E-state index is -0.507. The number of benzene rings is 1. The minimum Gasteiger partial charge on any atom is -0.491 e. The van der Waals surface area contributed by atoms with E-state index < -0.39 is 5.91 Å². The molecule has 4 heteroatoms. The summed E-state index contributed by atoms with van der Waals surface area (Å²) in [5.74, 6) is 0.107. The summed E-state index contributed by atoms with van der Waals surface area (Å²) in [4.78, 5) is 10.6. The molecule has 4 nitrogen and oxygen atoms in total. The summed E-state index contributed by atoms with van der Waals surface area (Å²) in [7, 11) is 0. The average molecular weight is 207 g/mol. The van der Waals surface area contributed by atoms with Crippen LogP contribution in [0.15, 0.2) is 30.3 Å². The van der Waals surface area contributed by atoms with Gasteiger partial charge in [0.1, 0.15) is 12.4 Å². The topological polar surface area (TPSA) is 72.6 Å². The molecule has 0 atom stereocenters. The normalized spacial score (nSPS) is 10.5. The highest BCUT2D eigenvalue weighted by Crippen LogP contribution is 2.18. The van der Waals surface area contributed by atoms with Gasteiger partial charge in [0.05, 0.1) is 6.61 Å². The molecule has 1 aromatic carbocycles. The smallest absolute Gasteiger partial charge is 0.241 e. The molecule has 1 aromatic rings. The third-order valence-corrected chi connectivity index (χ3v) is 1.70. The molecule has 80 valence electrons. The van der Waals surface area contributed by atoms with Gasteiger partial charge in [0, 0.05) is 11.6 Å². The summed E-state index contributed by atoms with van der Waals surface area (Å²) in [6.07, 6.45) is 2.84. The van der Waals surface area contributed by atoms with Gasteiger partial charge in [-0.2, -0.15) is 0 Å². The van der Waals surface area contributed by atoms with E-state index in [9.17, 15) is 4.79 Å². The molecule has 0 spiro atoms. The number of aliphatic hydroxyl groups is 1. The van der Waals surface area contributed by atoms with Crippen molar-refractivity contribution in [1.82, 2.24) is 0 Å². The van der Waals surface area contributed by atoms with E-state index in [0.717, 1.165) is 5.56 Å². The predicted molar refractivity (Wildman–Crippen MR) is 57.3 cm³/mol. The molecule has 1 rings (SSSR count). The molecular formula is C11H13NO3. The molecule has 0 unspecified atom stereocenters. The predicted octanol–water partition coefficient (Wildman–Crippen LogP) is 0.556. The molecule has 3 N–H and O–H groups in total. The van der Waals surface area contributed by atoms with Crippen LogP contribution in [-0.4, -0.2) is 24.2 Å². The second-order valence-corrected chi connectivity index (χ2v) is 2.85. The van der Waals surface area contributed by atoms with Crippen molar-refractivity contribution in [2.45, 2.75) is 0 Å². The van der Waals surface area contributed by atoms with Crippen molar-refractivity contribution in [2.75, 3.05) is 13.2 Å². The number of para-hydroxylation sites is 1. The zero-order valence-electron chi connectivity index (χ0n) is 8.22. The van der Waals surface area contributed by atoms with Crippen LogP contribution in [0.1, 0.15) is 5.56 Å². The molecule has 1 amide bonds. The third-order valence-electron chi connectivity index (χ3n) is 1.70. The number of aliphatic hydroxyl groups excluding tert-OH is 1. The van der Waals surface area contributed by atoms with Gasteiger partial charge in [-0.3, -0.25) is 4.79 Å². The van der Waals surface area contributed by atoms with Gasteiger partial charge in [-0.05, 0) is 12.1 Å². The molecule has 0 aliphatic heterocycles. The summed E-state index contributed by atoms with van der Waals surface area (Å²) < 4.78 is 5.27. The van der Waals surface area contributed by atoms with Crippen molar-refractivity contribution in [3.8, 4) is 5.75 Å². The van der Waals surface area contributed by atoms with E-state index in [1.54, 1.807) is 18.2 Å². The lowest BCUT2D eigenvalue weighted by Gasteiger charge is -2.06. The maximum atomic E-state index is 10.6. The van der Waals surface area contributed by atoms with Crippen molar-refractivity contribution in [3.63, 3.8) is 0 Å². The number of hydrogen-bond acceptors (Lipinski definition) is 3. The number of carbonyl (C=O) groups is 1. The highest BCUT2D eigenvalue weighted by Gasteiger charge is 1.98. The lowest BCUT2D eigenvalue weighted by atomic mass is 10.2. The van der Waals surface area contributed by atoms with E-state index in [-0.39, 0.29) is 13.2 Å². The molecule has 0 saturated carbocycles. The Balaban J connectivity index is 2.81. The first-order valence-corrected chi connectivity index (χ1v) is 4.54. The van der Waals surface area contributed by atoms with Gasteiger partial charge in [-0.25, -0.2) is 0 Å². The number of carbonyl (C=O) groups excluding carboxylic acids is 1. The van der Waals surface area contributed by atoms with Crippen LogP contribution < -0.4 is 10.5 Å². The first-order valence-electron chi connectivity index (χ1n) is 4.54. The van der Waals surface area contributed by atoms with Gasteiger partial charge < -0.3 is 15.6 Å². The molecule has 0 aliphatic carbocycles. The Labute approximate surface area is 88.0 Å². The second kappa shape index (κ2) is 5.82. The lowest BCUT2D eigenvalue weighted by molar-refractivity contribution is -0.113. The Morgan fingerprint density at radius 1 is 1.47 bits per heavy atom. The molecule has 15 heavy (non-hydrogen) atoms. The van der Waals surface area contributed by atoms with Gasteiger partial charge in [-0.15, -0.1) is 0 Å². The fourth-order valence-corrected chi connectivity index (χ4v) is 1.08. The molecule has 0 saturated heterocycles. The molecule has 0 bridgehead atoms. The van der Waals surface area contributed by atoms with Crippen LogP contribution in [0.4, 0.5) is 0 Å². The van der Waals surface area contributed by atoms with Gasteiger partial charge >= 0.3 is 0 Å². The Morgan fingerprint density at radius 3 is 2.87 bits per heavy atom. The summed E-state index contributed by atoms with van der Waals surface area (Å²) in [5, 5.41) is 8.62. The molecule has 0 heterocycles. The largest absolute Gasteiger partial charge is 0.491 e. The number of hydrogen-bond donors (Lipinski definition) is 2. The Morgan fingerprint density at radius 2 is 2.20 bits per heavy atom. The monoisotopic (exact) mass is 207 g/mol. The standard InChI is InChI=1S/C11H13NO3/c12-11(14)6-5-9-3-1-2-4-10(9)15-8-7-13/h1-6,13H,7-8H2,(H2,12,14)/b6-5-. The van der Waals surface area contributed by atoms with Gasteiger partial charge in [0.2, 0.25) is 5.91 Å². The van der Waals surface area contributed by atoms with E-state index in [1.165, 1.54) is 6.08 Å². The zero-order valence-corrected chi connectivity index (χ0v) is 8.22. The zero-order chi connectivity index (χ0) is 11.1. The molecule has 0 aliphatic rings. The molecule has 0 fully saturated rings. The summed E-state index contributed by atoms with van der Waals surface area (Å²) in [6, 6.07) is 7.20. The SMILES string of the molecule is NC(=O)/C=C\c1ccccc1OCCO. The van der Waals surface area contributed by atoms with Crippen molar-refractivity contribution in [2.24, 2.45) is 5.73 Å². The number of amides is 1. The fourth-order valence-electron chi connectivity index (χ4n) is 1.08. The van der Waals surface area contributed by atoms with Gasteiger partial charge in [0.15, 0.2) is 0 Å². The van der Waals surface area contributed by atoms with E-state index in [2.05, 4.69) is 0 Å². The summed E-state index contributed by atoms with van der Waals surface area (Å²) in [6.45, 7) is 0.176. The second-order valence-electron chi connectivity index (χ2n) is 2.85. The van der Waals surface area contributed by atoms with Crippen molar-refractivity contribution >= 4 is 12.0 Å². The summed E-state index contributed by atoms with van der Waals surface area (Å²) in [5.41, 5.74) is 5.74. The van der Waals surface area contributed by atoms with Crippen LogP contribution in [0.3, 0.4) is 0 Å². The molecule has 0 radical (unpaired) electrons. The maximum Gasteiger partial charge on any atom is 0.241 e. The number of nitrogens with two attached hydrogens (primary N) is 1. The quantitative estimate of drug-likeness (QED) is 0.693. The van der Waals surface area contributed by atoms with Crippen molar-refractivity contribution < 1.29 is 14.6 Å². The van der Waals surface area contributed by atoms with Crippen LogP contribution in [0, 0.1) is 0 Å². The van der Waals surface area contributed by atoms with Gasteiger partial charge in [0.25, 0.3) is 0 Å². The van der Waals surface area contributed by atoms with E-state index >= 15 is 0 Å².